The SMILES string of the molecule is COc1cc(Cl)c(C)cc1NC(=O)c1ccc(S)cc1. The lowest BCUT2D eigenvalue weighted by Crippen LogP contribution is -2.12. The van der Waals surface area contributed by atoms with Crippen LogP contribution in [0.5, 0.6) is 5.75 Å². The number of anilines is 1. The van der Waals surface area contributed by atoms with E-state index in [9.17, 15) is 4.79 Å². The zero-order chi connectivity index (χ0) is 14.7. The van der Waals surface area contributed by atoms with Crippen molar-refractivity contribution in [3.63, 3.8) is 0 Å². The number of amides is 1. The topological polar surface area (TPSA) is 38.3 Å². The van der Waals surface area contributed by atoms with Crippen LogP contribution in [0.3, 0.4) is 0 Å². The van der Waals surface area contributed by atoms with Gasteiger partial charge in [-0.15, -0.1) is 12.6 Å². The molecule has 0 aliphatic carbocycles. The van der Waals surface area contributed by atoms with Crippen molar-refractivity contribution >= 4 is 35.8 Å². The molecule has 0 aromatic heterocycles. The van der Waals surface area contributed by atoms with Gasteiger partial charge in [-0.05, 0) is 42.8 Å². The largest absolute Gasteiger partial charge is 0.495 e. The van der Waals surface area contributed by atoms with Gasteiger partial charge in [-0.2, -0.15) is 0 Å². The van der Waals surface area contributed by atoms with Crippen LogP contribution in [0.4, 0.5) is 5.69 Å². The van der Waals surface area contributed by atoms with Crippen molar-refractivity contribution in [1.29, 1.82) is 0 Å². The molecule has 3 nitrogen and oxygen atoms in total. The van der Waals surface area contributed by atoms with Crippen molar-refractivity contribution in [2.45, 2.75) is 11.8 Å². The van der Waals surface area contributed by atoms with Gasteiger partial charge >= 0.3 is 0 Å². The normalized spacial score (nSPS) is 10.2. The highest BCUT2D eigenvalue weighted by Crippen LogP contribution is 2.31. The molecule has 20 heavy (non-hydrogen) atoms. The van der Waals surface area contributed by atoms with Gasteiger partial charge in [-0.25, -0.2) is 0 Å². The molecule has 104 valence electrons. The van der Waals surface area contributed by atoms with Gasteiger partial charge in [0.25, 0.3) is 5.91 Å². The Bertz CT molecular complexity index is 641. The molecule has 0 spiro atoms. The molecule has 2 aromatic rings. The maximum atomic E-state index is 12.2. The van der Waals surface area contributed by atoms with Gasteiger partial charge < -0.3 is 10.1 Å². The highest BCUT2D eigenvalue weighted by atomic mass is 35.5. The summed E-state index contributed by atoms with van der Waals surface area (Å²) < 4.78 is 5.23. The molecule has 1 N–H and O–H groups in total. The molecule has 0 aliphatic heterocycles. The first-order valence-electron chi connectivity index (χ1n) is 5.96. The van der Waals surface area contributed by atoms with Crippen molar-refractivity contribution in [1.82, 2.24) is 0 Å². The summed E-state index contributed by atoms with van der Waals surface area (Å²) >= 11 is 10.2. The Morgan fingerprint density at radius 3 is 2.50 bits per heavy atom. The van der Waals surface area contributed by atoms with Crippen LogP contribution >= 0.6 is 24.2 Å². The lowest BCUT2D eigenvalue weighted by molar-refractivity contribution is 0.102. The number of rotatable bonds is 3. The lowest BCUT2D eigenvalue weighted by atomic mass is 10.1. The van der Waals surface area contributed by atoms with Crippen LogP contribution in [0.15, 0.2) is 41.3 Å². The van der Waals surface area contributed by atoms with Gasteiger partial charge in [0, 0.05) is 21.5 Å². The summed E-state index contributed by atoms with van der Waals surface area (Å²) in [6.45, 7) is 1.87. The third-order valence-electron chi connectivity index (χ3n) is 2.86. The van der Waals surface area contributed by atoms with Crippen molar-refractivity contribution in [2.75, 3.05) is 12.4 Å². The van der Waals surface area contributed by atoms with Crippen molar-refractivity contribution in [3.05, 3.63) is 52.5 Å². The summed E-state index contributed by atoms with van der Waals surface area (Å²) in [5, 5.41) is 3.41. The van der Waals surface area contributed by atoms with Gasteiger partial charge in [0.05, 0.1) is 12.8 Å². The third kappa shape index (κ3) is 3.26. The number of halogens is 1. The minimum Gasteiger partial charge on any atom is -0.495 e. The Morgan fingerprint density at radius 2 is 1.90 bits per heavy atom. The Labute approximate surface area is 128 Å². The fraction of sp³-hybridized carbons (Fsp3) is 0.133. The van der Waals surface area contributed by atoms with E-state index in [-0.39, 0.29) is 5.91 Å². The maximum Gasteiger partial charge on any atom is 0.255 e. The predicted molar refractivity (Wildman–Crippen MR) is 84.4 cm³/mol. The number of hydrogen-bond donors (Lipinski definition) is 2. The summed E-state index contributed by atoms with van der Waals surface area (Å²) in [7, 11) is 1.53. The summed E-state index contributed by atoms with van der Waals surface area (Å²) in [5.41, 5.74) is 2.01. The molecule has 5 heteroatoms. The van der Waals surface area contributed by atoms with E-state index in [1.165, 1.54) is 7.11 Å². The van der Waals surface area contributed by atoms with E-state index in [2.05, 4.69) is 17.9 Å². The second-order valence-electron chi connectivity index (χ2n) is 4.30. The molecular weight excluding hydrogens is 294 g/mol. The molecule has 1 amide bonds. The molecule has 0 fully saturated rings. The van der Waals surface area contributed by atoms with E-state index in [1.54, 1.807) is 36.4 Å². The summed E-state index contributed by atoms with van der Waals surface area (Å²) in [4.78, 5) is 13.0. The zero-order valence-electron chi connectivity index (χ0n) is 11.1. The molecule has 0 atom stereocenters. The Morgan fingerprint density at radius 1 is 1.25 bits per heavy atom. The number of carbonyl (C=O) groups excluding carboxylic acids is 1. The van der Waals surface area contributed by atoms with Gasteiger partial charge in [-0.1, -0.05) is 11.6 Å². The molecule has 2 aromatic carbocycles. The first-order chi connectivity index (χ1) is 9.51. The second kappa shape index (κ2) is 6.20. The number of carbonyl (C=O) groups is 1. The predicted octanol–water partition coefficient (Wildman–Crippen LogP) is 4.20. The van der Waals surface area contributed by atoms with E-state index in [4.69, 9.17) is 16.3 Å². The number of benzene rings is 2. The number of nitrogens with one attached hydrogen (secondary N) is 1. The number of ether oxygens (including phenoxy) is 1. The Hall–Kier alpha value is -1.65. The van der Waals surface area contributed by atoms with Crippen molar-refractivity contribution < 1.29 is 9.53 Å². The average Bonchev–Trinajstić information content (AvgIpc) is 2.43. The Balaban J connectivity index is 2.27. The molecule has 0 saturated carbocycles. The van der Waals surface area contributed by atoms with Gasteiger partial charge in [0.1, 0.15) is 5.75 Å². The van der Waals surface area contributed by atoms with Gasteiger partial charge in [0.15, 0.2) is 0 Å². The van der Waals surface area contributed by atoms with Crippen molar-refractivity contribution in [3.8, 4) is 5.75 Å². The van der Waals surface area contributed by atoms with E-state index in [0.29, 0.717) is 22.0 Å². The van der Waals surface area contributed by atoms with Crippen LogP contribution in [0.25, 0.3) is 0 Å². The second-order valence-corrected chi connectivity index (χ2v) is 5.23. The van der Waals surface area contributed by atoms with Crippen LogP contribution in [0.1, 0.15) is 15.9 Å². The Kier molecular flexibility index (Phi) is 4.57. The fourth-order valence-corrected chi connectivity index (χ4v) is 2.04. The fourth-order valence-electron chi connectivity index (χ4n) is 1.74. The number of methoxy groups -OCH3 is 1. The molecular formula is C15H14ClNO2S. The van der Waals surface area contributed by atoms with Crippen LogP contribution in [-0.4, -0.2) is 13.0 Å². The minimum absolute atomic E-state index is 0.210. The standard InChI is InChI=1S/C15H14ClNO2S/c1-9-7-13(14(19-2)8-12(9)16)17-15(18)10-3-5-11(20)6-4-10/h3-8,20H,1-2H3,(H,17,18). The van der Waals surface area contributed by atoms with E-state index < -0.39 is 0 Å². The zero-order valence-corrected chi connectivity index (χ0v) is 12.8. The molecule has 2 rings (SSSR count). The van der Waals surface area contributed by atoms with Crippen LogP contribution in [-0.2, 0) is 0 Å². The summed E-state index contributed by atoms with van der Waals surface area (Å²) in [6.07, 6.45) is 0. The molecule has 0 unspecified atom stereocenters. The van der Waals surface area contributed by atoms with Crippen LogP contribution < -0.4 is 10.1 Å². The number of thiol groups is 1. The van der Waals surface area contributed by atoms with E-state index in [1.807, 2.05) is 6.92 Å². The average molecular weight is 308 g/mol. The highest BCUT2D eigenvalue weighted by molar-refractivity contribution is 7.80. The van der Waals surface area contributed by atoms with Crippen LogP contribution in [0.2, 0.25) is 5.02 Å². The highest BCUT2D eigenvalue weighted by Gasteiger charge is 2.11. The molecule has 0 aliphatic rings. The molecule has 0 heterocycles. The van der Waals surface area contributed by atoms with E-state index >= 15 is 0 Å². The minimum atomic E-state index is -0.210. The van der Waals surface area contributed by atoms with Crippen molar-refractivity contribution in [2.24, 2.45) is 0 Å². The molecule has 0 saturated heterocycles. The summed E-state index contributed by atoms with van der Waals surface area (Å²) in [6, 6.07) is 10.4. The monoisotopic (exact) mass is 307 g/mol. The maximum absolute atomic E-state index is 12.2. The van der Waals surface area contributed by atoms with Gasteiger partial charge in [0.2, 0.25) is 0 Å². The number of aryl methyl sites for hydroxylation is 1. The third-order valence-corrected chi connectivity index (χ3v) is 3.56. The quantitative estimate of drug-likeness (QED) is 0.834. The first-order valence-corrected chi connectivity index (χ1v) is 6.78. The first kappa shape index (κ1) is 14.8. The summed E-state index contributed by atoms with van der Waals surface area (Å²) in [5.74, 6) is 0.318. The smallest absolute Gasteiger partial charge is 0.255 e. The van der Waals surface area contributed by atoms with Gasteiger partial charge in [-0.3, -0.25) is 4.79 Å². The lowest BCUT2D eigenvalue weighted by Gasteiger charge is -2.12. The van der Waals surface area contributed by atoms with Crippen LogP contribution in [0, 0.1) is 6.92 Å². The molecule has 0 radical (unpaired) electrons. The number of hydrogen-bond acceptors (Lipinski definition) is 3. The van der Waals surface area contributed by atoms with E-state index in [0.717, 1.165) is 10.5 Å². The molecule has 0 bridgehead atoms.